The lowest BCUT2D eigenvalue weighted by molar-refractivity contribution is -0.120. The summed E-state index contributed by atoms with van der Waals surface area (Å²) in [6.07, 6.45) is 0.0703. The number of alkyl halides is 2. The van der Waals surface area contributed by atoms with Crippen LogP contribution in [-0.2, 0) is 11.2 Å². The summed E-state index contributed by atoms with van der Waals surface area (Å²) in [4.78, 5) is 11.8. The summed E-state index contributed by atoms with van der Waals surface area (Å²) >= 11 is 0. The first-order valence-corrected chi connectivity index (χ1v) is 6.13. The first-order valence-electron chi connectivity index (χ1n) is 6.13. The van der Waals surface area contributed by atoms with E-state index in [-0.39, 0.29) is 30.8 Å². The molecule has 0 spiro atoms. The fourth-order valence-corrected chi connectivity index (χ4v) is 1.73. The summed E-state index contributed by atoms with van der Waals surface area (Å²) < 4.78 is 25.9. The van der Waals surface area contributed by atoms with E-state index in [2.05, 4.69) is 15.7 Å². The molecule has 0 fully saturated rings. The first-order chi connectivity index (χ1) is 8.86. The average Bonchev–Trinajstić information content (AvgIpc) is 2.64. The maximum Gasteiger partial charge on any atom is 0.333 e. The molecule has 0 aliphatic carbocycles. The highest BCUT2D eigenvalue weighted by atomic mass is 35.5. The van der Waals surface area contributed by atoms with Gasteiger partial charge in [-0.05, 0) is 27.8 Å². The van der Waals surface area contributed by atoms with Gasteiger partial charge in [-0.25, -0.2) is 4.68 Å². The van der Waals surface area contributed by atoms with E-state index in [1.807, 2.05) is 6.92 Å². The number of aromatic nitrogens is 2. The van der Waals surface area contributed by atoms with Crippen LogP contribution in [0.5, 0.6) is 0 Å². The third-order valence-electron chi connectivity index (χ3n) is 3.10. The highest BCUT2D eigenvalue weighted by Crippen LogP contribution is 2.19. The molecule has 1 aromatic heterocycles. The van der Waals surface area contributed by atoms with E-state index >= 15 is 0 Å². The minimum atomic E-state index is -2.68. The average molecular weight is 311 g/mol. The Morgan fingerprint density at radius 2 is 2.00 bits per heavy atom. The van der Waals surface area contributed by atoms with Crippen LogP contribution < -0.4 is 10.6 Å². The predicted octanol–water partition coefficient (Wildman–Crippen LogP) is 1.58. The van der Waals surface area contributed by atoms with Crippen LogP contribution in [0.4, 0.5) is 8.78 Å². The Morgan fingerprint density at radius 1 is 1.40 bits per heavy atom. The molecule has 0 radical (unpaired) electrons. The van der Waals surface area contributed by atoms with Gasteiger partial charge in [-0.15, -0.1) is 12.4 Å². The van der Waals surface area contributed by atoms with Crippen LogP contribution >= 0.6 is 12.4 Å². The molecule has 0 saturated heterocycles. The second-order valence-corrected chi connectivity index (χ2v) is 4.54. The molecular formula is C12H21ClF2N4O. The van der Waals surface area contributed by atoms with Crippen molar-refractivity contribution in [3.8, 4) is 0 Å². The normalized spacial score (nSPS) is 12.2. The largest absolute Gasteiger partial charge is 0.354 e. The van der Waals surface area contributed by atoms with Gasteiger partial charge in [-0.2, -0.15) is 13.9 Å². The van der Waals surface area contributed by atoms with Crippen molar-refractivity contribution in [2.45, 2.75) is 39.8 Å². The van der Waals surface area contributed by atoms with E-state index in [4.69, 9.17) is 0 Å². The zero-order valence-electron chi connectivity index (χ0n) is 12.0. The lowest BCUT2D eigenvalue weighted by Gasteiger charge is -2.11. The molecule has 2 N–H and O–H groups in total. The Labute approximate surface area is 123 Å². The molecule has 0 aliphatic heterocycles. The molecule has 8 heteroatoms. The molecule has 1 rings (SSSR count). The van der Waals surface area contributed by atoms with Gasteiger partial charge in [0.25, 0.3) is 0 Å². The van der Waals surface area contributed by atoms with Crippen LogP contribution in [0.3, 0.4) is 0 Å². The van der Waals surface area contributed by atoms with Crippen molar-refractivity contribution in [2.24, 2.45) is 0 Å². The third kappa shape index (κ3) is 4.72. The molecule has 1 amide bonds. The van der Waals surface area contributed by atoms with Crippen LogP contribution in [0.15, 0.2) is 0 Å². The van der Waals surface area contributed by atoms with Gasteiger partial charge in [0.15, 0.2) is 0 Å². The van der Waals surface area contributed by atoms with Crippen LogP contribution in [-0.4, -0.2) is 35.3 Å². The van der Waals surface area contributed by atoms with Crippen molar-refractivity contribution in [1.29, 1.82) is 0 Å². The molecule has 1 aromatic rings. The van der Waals surface area contributed by atoms with Crippen LogP contribution in [0, 0.1) is 13.8 Å². The minimum absolute atomic E-state index is 0. The molecule has 0 aliphatic rings. The van der Waals surface area contributed by atoms with Crippen molar-refractivity contribution < 1.29 is 13.6 Å². The highest BCUT2D eigenvalue weighted by Gasteiger charge is 2.19. The van der Waals surface area contributed by atoms with Gasteiger partial charge in [0.05, 0.1) is 12.1 Å². The van der Waals surface area contributed by atoms with Crippen molar-refractivity contribution in [2.75, 3.05) is 13.6 Å². The maximum atomic E-state index is 12.6. The second-order valence-electron chi connectivity index (χ2n) is 4.54. The summed E-state index contributed by atoms with van der Waals surface area (Å²) in [5, 5.41) is 9.49. The summed E-state index contributed by atoms with van der Waals surface area (Å²) in [7, 11) is 1.80. The van der Waals surface area contributed by atoms with Crippen molar-refractivity contribution in [3.63, 3.8) is 0 Å². The summed E-state index contributed by atoms with van der Waals surface area (Å²) in [5.74, 6) is -0.192. The highest BCUT2D eigenvalue weighted by molar-refractivity contribution is 5.85. The van der Waals surface area contributed by atoms with Gasteiger partial charge in [0, 0.05) is 23.8 Å². The first kappa shape index (κ1) is 18.8. The molecule has 1 heterocycles. The van der Waals surface area contributed by atoms with Crippen molar-refractivity contribution in [1.82, 2.24) is 20.4 Å². The van der Waals surface area contributed by atoms with Crippen molar-refractivity contribution in [3.05, 3.63) is 17.0 Å². The molecule has 0 saturated carbocycles. The van der Waals surface area contributed by atoms with Crippen molar-refractivity contribution >= 4 is 18.3 Å². The molecule has 20 heavy (non-hydrogen) atoms. The van der Waals surface area contributed by atoms with E-state index in [9.17, 15) is 13.6 Å². The summed E-state index contributed by atoms with van der Waals surface area (Å²) in [6.45, 7) is 2.93. The number of amides is 1. The smallest absolute Gasteiger partial charge is 0.333 e. The molecule has 1 atom stereocenters. The molecule has 0 aromatic carbocycles. The Kier molecular flexibility index (Phi) is 7.67. The lowest BCUT2D eigenvalue weighted by Crippen LogP contribution is -2.37. The second kappa shape index (κ2) is 8.16. The number of carbonyl (C=O) groups excluding carboxylic acids is 1. The number of aryl methyl sites for hydroxylation is 1. The molecule has 5 nitrogen and oxygen atoms in total. The van der Waals surface area contributed by atoms with E-state index in [1.54, 1.807) is 20.9 Å². The van der Waals surface area contributed by atoms with E-state index in [1.165, 1.54) is 0 Å². The zero-order chi connectivity index (χ0) is 14.6. The van der Waals surface area contributed by atoms with Crippen LogP contribution in [0.25, 0.3) is 0 Å². The molecule has 116 valence electrons. The predicted molar refractivity (Wildman–Crippen MR) is 75.4 cm³/mol. The van der Waals surface area contributed by atoms with Gasteiger partial charge in [0.2, 0.25) is 5.91 Å². The number of carbonyl (C=O) groups is 1. The quantitative estimate of drug-likeness (QED) is 0.839. The Bertz CT molecular complexity index is 451. The summed E-state index contributed by atoms with van der Waals surface area (Å²) in [5.41, 5.74) is 1.37. The number of hydrogen-bond acceptors (Lipinski definition) is 3. The van der Waals surface area contributed by atoms with E-state index in [0.717, 1.165) is 0 Å². The minimum Gasteiger partial charge on any atom is -0.354 e. The maximum absolute atomic E-state index is 12.6. The molecule has 0 bridgehead atoms. The monoisotopic (exact) mass is 310 g/mol. The Hall–Kier alpha value is -1.21. The Balaban J connectivity index is 0.00000361. The number of nitrogens with one attached hydrogen (secondary N) is 2. The van der Waals surface area contributed by atoms with Gasteiger partial charge in [-0.3, -0.25) is 4.79 Å². The fraction of sp³-hybridized carbons (Fsp3) is 0.667. The standard InChI is InChI=1S/C12H20F2N4O.ClH/c1-7(15-4)6-16-11(19)5-10-8(2)17-18(9(10)3)12(13)14;/h7,12,15H,5-6H2,1-4H3,(H,16,19);1H. The molecular weight excluding hydrogens is 290 g/mol. The van der Waals surface area contributed by atoms with Crippen LogP contribution in [0.1, 0.15) is 30.4 Å². The summed E-state index contributed by atoms with van der Waals surface area (Å²) in [6, 6.07) is 0.162. The SMILES string of the molecule is CNC(C)CNC(=O)Cc1c(C)nn(C(F)F)c1C.Cl. The molecule has 1 unspecified atom stereocenters. The number of hydrogen-bond donors (Lipinski definition) is 2. The Morgan fingerprint density at radius 3 is 2.45 bits per heavy atom. The fourth-order valence-electron chi connectivity index (χ4n) is 1.73. The van der Waals surface area contributed by atoms with Gasteiger partial charge < -0.3 is 10.6 Å². The topological polar surface area (TPSA) is 58.9 Å². The van der Waals surface area contributed by atoms with E-state index in [0.29, 0.717) is 28.2 Å². The third-order valence-corrected chi connectivity index (χ3v) is 3.10. The number of rotatable bonds is 6. The number of nitrogens with zero attached hydrogens (tertiary/aromatic N) is 2. The van der Waals surface area contributed by atoms with Gasteiger partial charge in [-0.1, -0.05) is 0 Å². The number of halogens is 3. The van der Waals surface area contributed by atoms with Gasteiger partial charge >= 0.3 is 6.55 Å². The zero-order valence-corrected chi connectivity index (χ0v) is 12.9. The number of likely N-dealkylation sites (N-methyl/N-ethyl adjacent to an activating group) is 1. The lowest BCUT2D eigenvalue weighted by atomic mass is 10.1. The van der Waals surface area contributed by atoms with Crippen LogP contribution in [0.2, 0.25) is 0 Å². The van der Waals surface area contributed by atoms with Gasteiger partial charge in [0.1, 0.15) is 0 Å². The van der Waals surface area contributed by atoms with E-state index < -0.39 is 6.55 Å².